The molecule has 0 aromatic heterocycles. The highest BCUT2D eigenvalue weighted by molar-refractivity contribution is 8.00. The Balaban J connectivity index is 1.19. The van der Waals surface area contributed by atoms with Crippen molar-refractivity contribution in [3.8, 4) is 0 Å². The Morgan fingerprint density at radius 3 is 2.00 bits per heavy atom. The number of carboxylic acids is 1. The number of carboxylic acid groups (broad SMARTS) is 1. The number of rotatable bonds is 47. The van der Waals surface area contributed by atoms with Crippen molar-refractivity contribution >= 4 is 88.5 Å². The van der Waals surface area contributed by atoms with Gasteiger partial charge in [-0.1, -0.05) is 99.4 Å². The van der Waals surface area contributed by atoms with Crippen molar-refractivity contribution in [1.29, 1.82) is 0 Å². The van der Waals surface area contributed by atoms with Gasteiger partial charge >= 0.3 is 18.1 Å². The summed E-state index contributed by atoms with van der Waals surface area (Å²) in [5.74, 6) is -6.73. The molecule has 5 rings (SSSR count). The van der Waals surface area contributed by atoms with Crippen molar-refractivity contribution in [2.75, 3.05) is 73.2 Å². The molecule has 8 N–H and O–H groups in total. The Labute approximate surface area is 635 Å². The number of Topliss-reactive ketones (excluding diaryl/α,β-unsaturated/α-hetero) is 2. The second-order valence-corrected chi connectivity index (χ2v) is 32.0. The average Bonchev–Trinajstić information content (AvgIpc) is 1.68. The van der Waals surface area contributed by atoms with Gasteiger partial charge in [0.2, 0.25) is 41.4 Å². The molecule has 14 atom stereocenters. The lowest BCUT2D eigenvalue weighted by molar-refractivity contribution is -0.149. The fourth-order valence-electron chi connectivity index (χ4n) is 14.8. The van der Waals surface area contributed by atoms with E-state index in [1.807, 2.05) is 60.5 Å². The quantitative estimate of drug-likeness (QED) is 0.0241. The van der Waals surface area contributed by atoms with Crippen molar-refractivity contribution in [2.24, 2.45) is 52.6 Å². The second-order valence-electron chi connectivity index (χ2n) is 30.8. The van der Waals surface area contributed by atoms with E-state index in [2.05, 4.69) is 26.6 Å². The first kappa shape index (κ1) is 90.0. The topological polar surface area (TPSA) is 361 Å². The number of aliphatic carboxylic acids is 1. The van der Waals surface area contributed by atoms with E-state index >= 15 is 0 Å². The number of imide groups is 1. The number of amides is 10. The van der Waals surface area contributed by atoms with Crippen LogP contribution in [0.3, 0.4) is 0 Å². The Morgan fingerprint density at radius 2 is 1.44 bits per heavy atom. The van der Waals surface area contributed by atoms with Gasteiger partial charge in [-0.15, -0.1) is 11.8 Å². The molecule has 27 nitrogen and oxygen atoms in total. The number of primary amides is 1. The number of hydrogen-bond acceptors (Lipinski definition) is 18. The minimum atomic E-state index is -0.967. The van der Waals surface area contributed by atoms with Crippen LogP contribution in [0.1, 0.15) is 183 Å². The molecule has 2 aromatic carbocycles. The predicted molar refractivity (Wildman–Crippen MR) is 404 cm³/mol. The molecule has 10 amide bonds. The second kappa shape index (κ2) is 43.0. The van der Waals surface area contributed by atoms with Crippen molar-refractivity contribution in [2.45, 2.75) is 232 Å². The van der Waals surface area contributed by atoms with Crippen molar-refractivity contribution in [1.82, 2.24) is 40.9 Å². The number of halogens is 1. The summed E-state index contributed by atoms with van der Waals surface area (Å²) in [7, 11) is 9.96. The average molecular weight is 1520 g/mol. The van der Waals surface area contributed by atoms with Crippen LogP contribution >= 0.6 is 11.8 Å². The number of benzene rings is 2. The molecule has 2 heterocycles. The molecule has 29 heteroatoms. The van der Waals surface area contributed by atoms with Gasteiger partial charge in [0.1, 0.15) is 12.4 Å². The van der Waals surface area contributed by atoms with Crippen LogP contribution in [-0.2, 0) is 73.5 Å². The first-order valence-corrected chi connectivity index (χ1v) is 38.8. The summed E-state index contributed by atoms with van der Waals surface area (Å²) in [4.78, 5) is 168. The molecule has 2 aliphatic heterocycles. The summed E-state index contributed by atoms with van der Waals surface area (Å²) in [6.45, 7) is 19.0. The smallest absolute Gasteiger partial charge is 0.408 e. The van der Waals surface area contributed by atoms with Crippen LogP contribution in [-0.4, -0.2) is 217 Å². The van der Waals surface area contributed by atoms with Gasteiger partial charge in [-0.3, -0.25) is 57.7 Å². The minimum Gasteiger partial charge on any atom is -0.481 e. The van der Waals surface area contributed by atoms with Crippen LogP contribution in [0.4, 0.5) is 19.7 Å². The third-order valence-electron chi connectivity index (χ3n) is 21.4. The lowest BCUT2D eigenvalue weighted by Crippen LogP contribution is -2.55. The van der Waals surface area contributed by atoms with Crippen molar-refractivity contribution in [3.63, 3.8) is 0 Å². The van der Waals surface area contributed by atoms with E-state index in [4.69, 9.17) is 24.7 Å². The number of unbranched alkanes of at least 4 members (excludes halogenated alkanes) is 2. The summed E-state index contributed by atoms with van der Waals surface area (Å²) >= 11 is 1.35. The number of methoxy groups -OCH3 is 3. The number of carbonyl (C=O) groups is 12. The van der Waals surface area contributed by atoms with Crippen LogP contribution in [0.15, 0.2) is 48.5 Å². The lowest BCUT2D eigenvalue weighted by Gasteiger charge is -2.41. The summed E-state index contributed by atoms with van der Waals surface area (Å²) in [6, 6.07) is 6.73. The Bertz CT molecular complexity index is 3310. The molecule has 3 fully saturated rings. The fourth-order valence-corrected chi connectivity index (χ4v) is 16.3. The van der Waals surface area contributed by atoms with E-state index in [9.17, 15) is 67.0 Å². The van der Waals surface area contributed by atoms with Gasteiger partial charge in [-0.2, -0.15) is 0 Å². The van der Waals surface area contributed by atoms with Gasteiger partial charge in [0.05, 0.1) is 78.6 Å². The van der Waals surface area contributed by atoms with Gasteiger partial charge in [-0.05, 0) is 130 Å². The summed E-state index contributed by atoms with van der Waals surface area (Å²) in [5, 5.41) is 22.8. The maximum atomic E-state index is 14.8. The van der Waals surface area contributed by atoms with E-state index in [1.54, 1.807) is 75.9 Å². The molecule has 0 radical (unpaired) electrons. The number of ketones is 2. The molecule has 2 saturated heterocycles. The summed E-state index contributed by atoms with van der Waals surface area (Å²) in [6.07, 6.45) is 1.37. The summed E-state index contributed by atoms with van der Waals surface area (Å²) < 4.78 is 38.2. The number of carbonyl (C=O) groups excluding carboxylic acids is 11. The molecule has 107 heavy (non-hydrogen) atoms. The van der Waals surface area contributed by atoms with Crippen LogP contribution in [0.2, 0.25) is 0 Å². The van der Waals surface area contributed by atoms with E-state index in [0.717, 1.165) is 12.8 Å². The normalized spacial score (nSPS) is 19.4. The molecular formula is C78H121FN10O17S. The highest BCUT2D eigenvalue weighted by atomic mass is 32.2. The SMILES string of the molecule is CC[C@H](C)[C@@H]([C@@H](CC(=O)N1C[C@H](OC)C[C@H]1[C@H](OC)[C@@H](C)C(=O)N[C@H](C)C(NC(=O)OCc1ccc(NC(=O)[C@H](CCCNC(N)=O)CC(=O)[C@@H](NC(=O)CCCCCN2C(=O)CC(SCC3(CC(=O)O)CC3)C2=O)C(C)C)cc1)c1ccc(F)cc1)OC)N(C)C(=O)[C@@H](CC(=O)[C@H](C(C)C)N(C)C)C(C)C. The Hall–Kier alpha value is -7.60. The lowest BCUT2D eigenvalue weighted by atomic mass is 9.83. The van der Waals surface area contributed by atoms with Gasteiger partial charge in [0, 0.05) is 97.0 Å². The number of nitrogens with zero attached hydrogens (tertiary/aromatic N) is 4. The number of urea groups is 1. The zero-order valence-electron chi connectivity index (χ0n) is 65.7. The molecule has 2 unspecified atom stereocenters. The van der Waals surface area contributed by atoms with Crippen LogP contribution in [0.5, 0.6) is 0 Å². The Morgan fingerprint density at radius 1 is 0.776 bits per heavy atom. The summed E-state index contributed by atoms with van der Waals surface area (Å²) in [5.41, 5.74) is 6.28. The molecule has 0 bridgehead atoms. The molecule has 3 aliphatic rings. The van der Waals surface area contributed by atoms with Crippen molar-refractivity contribution < 1.29 is 86.0 Å². The van der Waals surface area contributed by atoms with Gasteiger partial charge in [-0.25, -0.2) is 14.0 Å². The minimum absolute atomic E-state index is 0.0153. The van der Waals surface area contributed by atoms with E-state index in [1.165, 1.54) is 55.1 Å². The van der Waals surface area contributed by atoms with Crippen LogP contribution < -0.4 is 32.3 Å². The monoisotopic (exact) mass is 1520 g/mol. The van der Waals surface area contributed by atoms with Crippen LogP contribution in [0.25, 0.3) is 0 Å². The number of likely N-dealkylation sites (tertiary alicyclic amines) is 2. The fraction of sp³-hybridized carbons (Fsp3) is 0.692. The van der Waals surface area contributed by atoms with Crippen LogP contribution in [0, 0.1) is 52.7 Å². The number of likely N-dealkylation sites (N-methyl/N-ethyl adjacent to an activating group) is 2. The molecular weight excluding hydrogens is 1400 g/mol. The van der Waals surface area contributed by atoms with E-state index in [0.29, 0.717) is 54.7 Å². The molecule has 1 saturated carbocycles. The van der Waals surface area contributed by atoms with Gasteiger partial charge < -0.3 is 66.2 Å². The first-order valence-electron chi connectivity index (χ1n) is 37.8. The number of ether oxygens (including phenoxy) is 4. The third-order valence-corrected chi connectivity index (χ3v) is 22.9. The number of nitrogens with two attached hydrogens (primary N) is 1. The standard InChI is InChI=1S/C78H121FN10O17S/c1-17-48(8)70(87(13)74(99)57(45(2)3)38-60(91)69(47(6)7)86(11)12)61(104-15)39-64(93)89-42-56(103-14)37-58(89)71(105-16)49(9)72(97)82-50(10)68(52-26-28-54(79)29-27-52)85-77(102)106-43-51-24-30-55(31-25-51)83-73(98)53(22-21-34-81-76(80)101)36-59(90)67(46(4)5)84-63(92)23-19-18-20-35-88-65(94)40-62(75(88)100)107-44-78(32-33-78)41-66(95)96/h24-31,45-50,53,56-58,61-62,67-71H,17-23,32-44H2,1-16H3,(H,82,97)(H,83,98)(H,84,92)(H,85,102)(H,95,96)(H3,80,81,101)/t48-,49+,50+,53+,56+,57-,58-,61+,62?,67-,68?,69-,70-,71+/m0/s1. The zero-order valence-corrected chi connectivity index (χ0v) is 66.5. The molecule has 2 aromatic rings. The highest BCUT2D eigenvalue weighted by Gasteiger charge is 2.49. The molecule has 598 valence electrons. The van der Waals surface area contributed by atoms with Gasteiger partial charge in [0.15, 0.2) is 11.6 Å². The number of anilines is 1. The van der Waals surface area contributed by atoms with Crippen molar-refractivity contribution in [3.05, 3.63) is 65.5 Å². The maximum Gasteiger partial charge on any atom is 0.408 e. The Kier molecular flexibility index (Phi) is 36.1. The third kappa shape index (κ3) is 26.9. The first-order chi connectivity index (χ1) is 50.5. The van der Waals surface area contributed by atoms with E-state index < -0.39 is 107 Å². The highest BCUT2D eigenvalue weighted by Crippen LogP contribution is 2.52. The molecule has 0 spiro atoms. The number of alkyl carbamates (subject to hydrolysis) is 1. The molecule has 1 aliphatic carbocycles. The number of thioether (sulfide) groups is 1. The maximum absolute atomic E-state index is 14.8. The zero-order chi connectivity index (χ0) is 79.7. The largest absolute Gasteiger partial charge is 0.481 e. The predicted octanol–water partition coefficient (Wildman–Crippen LogP) is 8.44. The van der Waals surface area contributed by atoms with E-state index in [-0.39, 0.29) is 154 Å². The number of nitrogens with one attached hydrogen (secondary N) is 5. The van der Waals surface area contributed by atoms with Gasteiger partial charge in [0.25, 0.3) is 0 Å². The number of hydrogen-bond donors (Lipinski definition) is 7.